The fraction of sp³-hybridized carbons (Fsp3) is 0.400. The minimum absolute atomic E-state index is 0.0299. The van der Waals surface area contributed by atoms with E-state index in [4.69, 9.17) is 5.90 Å². The Kier molecular flexibility index (Phi) is 3.25. The molecule has 0 aliphatic carbocycles. The largest absolute Gasteiger partial charge is 0.416 e. The molecule has 0 aromatic heterocycles. The van der Waals surface area contributed by atoms with Gasteiger partial charge >= 0.3 is 6.18 Å². The van der Waals surface area contributed by atoms with Gasteiger partial charge in [-0.05, 0) is 37.6 Å². The lowest BCUT2D eigenvalue weighted by molar-refractivity contribution is -0.138. The van der Waals surface area contributed by atoms with Crippen molar-refractivity contribution in [2.75, 3.05) is 0 Å². The highest BCUT2D eigenvalue weighted by Crippen LogP contribution is 2.33. The first-order valence-corrected chi connectivity index (χ1v) is 4.43. The summed E-state index contributed by atoms with van der Waals surface area (Å²) in [6, 6.07) is 2.20. The summed E-state index contributed by atoms with van der Waals surface area (Å²) in [4.78, 5) is 4.51. The van der Waals surface area contributed by atoms with Crippen molar-refractivity contribution in [1.29, 1.82) is 0 Å². The molecule has 0 unspecified atom stereocenters. The van der Waals surface area contributed by atoms with Crippen LogP contribution in [0.1, 0.15) is 25.0 Å². The van der Waals surface area contributed by atoms with Crippen molar-refractivity contribution >= 4 is 0 Å². The van der Waals surface area contributed by atoms with Crippen LogP contribution in [0.15, 0.2) is 18.2 Å². The fourth-order valence-corrected chi connectivity index (χ4v) is 1.17. The van der Waals surface area contributed by atoms with E-state index >= 15 is 0 Å². The van der Waals surface area contributed by atoms with E-state index < -0.39 is 23.2 Å². The van der Waals surface area contributed by atoms with Gasteiger partial charge in [-0.15, -0.1) is 0 Å². The van der Waals surface area contributed by atoms with Crippen LogP contribution < -0.4 is 5.90 Å². The number of alkyl halides is 3. The van der Waals surface area contributed by atoms with E-state index in [1.165, 1.54) is 13.8 Å². The molecule has 1 aromatic carbocycles. The van der Waals surface area contributed by atoms with Crippen LogP contribution in [0, 0.1) is 5.82 Å². The van der Waals surface area contributed by atoms with Crippen LogP contribution in [0.3, 0.4) is 0 Å². The molecule has 0 aliphatic rings. The lowest BCUT2D eigenvalue weighted by Crippen LogP contribution is -2.26. The molecule has 0 aliphatic heterocycles. The summed E-state index contributed by atoms with van der Waals surface area (Å²) in [5.74, 6) is 3.97. The van der Waals surface area contributed by atoms with Gasteiger partial charge in [0.25, 0.3) is 0 Å². The normalized spacial score (nSPS) is 12.9. The van der Waals surface area contributed by atoms with Crippen LogP contribution in [0.2, 0.25) is 0 Å². The summed E-state index contributed by atoms with van der Waals surface area (Å²) in [6.45, 7) is 2.89. The van der Waals surface area contributed by atoms with Crippen LogP contribution in [-0.2, 0) is 16.6 Å². The highest BCUT2D eigenvalue weighted by atomic mass is 19.4. The zero-order valence-electron chi connectivity index (χ0n) is 8.73. The highest BCUT2D eigenvalue weighted by Gasteiger charge is 2.33. The summed E-state index contributed by atoms with van der Waals surface area (Å²) < 4.78 is 50.2. The Labute approximate surface area is 90.0 Å². The first-order chi connectivity index (χ1) is 7.16. The highest BCUT2D eigenvalue weighted by molar-refractivity contribution is 5.30. The van der Waals surface area contributed by atoms with E-state index in [1.807, 2.05) is 0 Å². The maximum Gasteiger partial charge on any atom is 0.416 e. The van der Waals surface area contributed by atoms with E-state index in [-0.39, 0.29) is 5.56 Å². The molecule has 6 heteroatoms. The molecule has 0 radical (unpaired) electrons. The van der Waals surface area contributed by atoms with E-state index in [0.717, 1.165) is 12.1 Å². The summed E-state index contributed by atoms with van der Waals surface area (Å²) in [6.07, 6.45) is -4.60. The van der Waals surface area contributed by atoms with Crippen molar-refractivity contribution in [1.82, 2.24) is 0 Å². The van der Waals surface area contributed by atoms with Gasteiger partial charge in [0.05, 0.1) is 5.56 Å². The Morgan fingerprint density at radius 1 is 1.06 bits per heavy atom. The molecule has 1 rings (SSSR count). The Bertz CT molecular complexity index is 387. The third-order valence-electron chi connectivity index (χ3n) is 2.21. The maximum absolute atomic E-state index is 13.0. The lowest BCUT2D eigenvalue weighted by atomic mass is 9.96. The second kappa shape index (κ2) is 4.03. The van der Waals surface area contributed by atoms with Crippen molar-refractivity contribution in [3.63, 3.8) is 0 Å². The average molecular weight is 237 g/mol. The van der Waals surface area contributed by atoms with Crippen LogP contribution in [0.5, 0.6) is 0 Å². The minimum Gasteiger partial charge on any atom is -0.294 e. The Morgan fingerprint density at radius 3 is 2.00 bits per heavy atom. The van der Waals surface area contributed by atoms with Crippen molar-refractivity contribution in [2.24, 2.45) is 5.90 Å². The van der Waals surface area contributed by atoms with E-state index in [2.05, 4.69) is 4.84 Å². The minimum atomic E-state index is -4.60. The molecule has 1 aromatic rings. The topological polar surface area (TPSA) is 35.2 Å². The smallest absolute Gasteiger partial charge is 0.294 e. The quantitative estimate of drug-likeness (QED) is 0.634. The zero-order chi connectivity index (χ0) is 12.6. The Balaban J connectivity index is 3.29. The summed E-state index contributed by atoms with van der Waals surface area (Å²) >= 11 is 0. The number of halogens is 4. The van der Waals surface area contributed by atoms with Crippen LogP contribution in [0.25, 0.3) is 0 Å². The van der Waals surface area contributed by atoms with Gasteiger partial charge in [-0.2, -0.15) is 13.2 Å². The second-order valence-corrected chi connectivity index (χ2v) is 3.85. The SMILES string of the molecule is CC(C)(ON)c1cc(F)cc(C(F)(F)F)c1. The van der Waals surface area contributed by atoms with E-state index in [9.17, 15) is 17.6 Å². The van der Waals surface area contributed by atoms with Gasteiger partial charge in [0, 0.05) is 0 Å². The summed E-state index contributed by atoms with van der Waals surface area (Å²) in [7, 11) is 0. The van der Waals surface area contributed by atoms with Gasteiger partial charge in [0.1, 0.15) is 11.4 Å². The molecule has 0 saturated carbocycles. The number of rotatable bonds is 2. The maximum atomic E-state index is 13.0. The third-order valence-corrected chi connectivity index (χ3v) is 2.21. The molecule has 0 fully saturated rings. The molecule has 0 saturated heterocycles. The predicted molar refractivity (Wildman–Crippen MR) is 49.7 cm³/mol. The van der Waals surface area contributed by atoms with E-state index in [0.29, 0.717) is 6.07 Å². The molecule has 90 valence electrons. The Morgan fingerprint density at radius 2 is 1.56 bits per heavy atom. The molecular weight excluding hydrogens is 226 g/mol. The summed E-state index contributed by atoms with van der Waals surface area (Å²) in [5.41, 5.74) is -2.21. The first kappa shape index (κ1) is 12.9. The number of hydrogen-bond acceptors (Lipinski definition) is 2. The van der Waals surface area contributed by atoms with Crippen LogP contribution in [-0.4, -0.2) is 0 Å². The van der Waals surface area contributed by atoms with Gasteiger partial charge < -0.3 is 0 Å². The fourth-order valence-electron chi connectivity index (χ4n) is 1.17. The van der Waals surface area contributed by atoms with Crippen molar-refractivity contribution in [3.8, 4) is 0 Å². The lowest BCUT2D eigenvalue weighted by Gasteiger charge is -2.23. The van der Waals surface area contributed by atoms with E-state index in [1.54, 1.807) is 0 Å². The van der Waals surface area contributed by atoms with Gasteiger partial charge in [-0.3, -0.25) is 4.84 Å². The third kappa shape index (κ3) is 2.70. The molecule has 0 heterocycles. The second-order valence-electron chi connectivity index (χ2n) is 3.85. The van der Waals surface area contributed by atoms with Gasteiger partial charge in [-0.1, -0.05) is 0 Å². The van der Waals surface area contributed by atoms with Crippen molar-refractivity contribution < 1.29 is 22.4 Å². The summed E-state index contributed by atoms with van der Waals surface area (Å²) in [5, 5.41) is 0. The molecule has 2 N–H and O–H groups in total. The molecule has 0 amide bonds. The molecule has 0 spiro atoms. The molecular formula is C10H11F4NO. The van der Waals surface area contributed by atoms with Crippen LogP contribution in [0.4, 0.5) is 17.6 Å². The zero-order valence-corrected chi connectivity index (χ0v) is 8.73. The molecule has 0 bridgehead atoms. The predicted octanol–water partition coefficient (Wildman–Crippen LogP) is 2.97. The standard InChI is InChI=1S/C10H11F4NO/c1-9(2,16-15)6-3-7(10(12,13)14)5-8(11)4-6/h3-5H,15H2,1-2H3. The number of hydrogen-bond donors (Lipinski definition) is 1. The van der Waals surface area contributed by atoms with Crippen LogP contribution >= 0.6 is 0 Å². The Hall–Kier alpha value is -1.14. The van der Waals surface area contributed by atoms with Crippen molar-refractivity contribution in [2.45, 2.75) is 25.6 Å². The monoisotopic (exact) mass is 237 g/mol. The molecule has 2 nitrogen and oxygen atoms in total. The molecule has 16 heavy (non-hydrogen) atoms. The number of benzene rings is 1. The first-order valence-electron chi connectivity index (χ1n) is 4.43. The van der Waals surface area contributed by atoms with Gasteiger partial charge in [-0.25, -0.2) is 10.3 Å². The van der Waals surface area contributed by atoms with Gasteiger partial charge in [0.2, 0.25) is 0 Å². The van der Waals surface area contributed by atoms with Crippen molar-refractivity contribution in [3.05, 3.63) is 35.1 Å². The van der Waals surface area contributed by atoms with Gasteiger partial charge in [0.15, 0.2) is 0 Å². The average Bonchev–Trinajstić information content (AvgIpc) is 2.15. The number of nitrogens with two attached hydrogens (primary N) is 1. The molecule has 0 atom stereocenters.